The van der Waals surface area contributed by atoms with Gasteiger partial charge in [-0.25, -0.2) is 14.4 Å². The van der Waals surface area contributed by atoms with Crippen LogP contribution in [-0.2, 0) is 18.3 Å². The molecule has 0 fully saturated rings. The number of ether oxygens (including phenoxy) is 1. The highest BCUT2D eigenvalue weighted by Gasteiger charge is 2.25. The van der Waals surface area contributed by atoms with Gasteiger partial charge in [0.1, 0.15) is 23.7 Å². The molecule has 9 nitrogen and oxygen atoms in total. The first-order valence-electron chi connectivity index (χ1n) is 8.72. The summed E-state index contributed by atoms with van der Waals surface area (Å²) in [5, 5.41) is 16.6. The molecule has 3 aromatic rings. The lowest BCUT2D eigenvalue weighted by Crippen LogP contribution is -2.19. The number of nitriles is 1. The molecule has 1 aliphatic heterocycles. The second-order valence-electron chi connectivity index (χ2n) is 6.57. The van der Waals surface area contributed by atoms with Gasteiger partial charge in [0.2, 0.25) is 5.91 Å². The third-order valence-corrected chi connectivity index (χ3v) is 4.59. The molecule has 1 unspecified atom stereocenters. The van der Waals surface area contributed by atoms with Crippen LogP contribution in [0, 0.1) is 17.1 Å². The van der Waals surface area contributed by atoms with E-state index in [2.05, 4.69) is 26.5 Å². The van der Waals surface area contributed by atoms with Crippen LogP contribution in [0.2, 0.25) is 0 Å². The summed E-state index contributed by atoms with van der Waals surface area (Å²) in [6.45, 7) is 1.68. The van der Waals surface area contributed by atoms with Crippen molar-refractivity contribution in [2.45, 2.75) is 19.4 Å². The van der Waals surface area contributed by atoms with Gasteiger partial charge in [0.05, 0.1) is 29.6 Å². The number of hydrogen-bond donors (Lipinski definition) is 2. The predicted molar refractivity (Wildman–Crippen MR) is 101 cm³/mol. The SMILES string of the molecule is CC1Oc2nc(cnc2N)-c2c(nn(C)c2C#N)CC(=O)Nc2ccc(F)cc21. The van der Waals surface area contributed by atoms with Crippen LogP contribution >= 0.6 is 0 Å². The van der Waals surface area contributed by atoms with Gasteiger partial charge < -0.3 is 15.8 Å². The molecule has 2 bridgehead atoms. The zero-order valence-electron chi connectivity index (χ0n) is 15.6. The van der Waals surface area contributed by atoms with E-state index in [4.69, 9.17) is 10.5 Å². The molecule has 0 saturated carbocycles. The largest absolute Gasteiger partial charge is 0.467 e. The summed E-state index contributed by atoms with van der Waals surface area (Å²) in [7, 11) is 1.60. The molecule has 10 heteroatoms. The number of rotatable bonds is 0. The van der Waals surface area contributed by atoms with E-state index in [0.29, 0.717) is 28.2 Å². The predicted octanol–water partition coefficient (Wildman–Crippen LogP) is 2.10. The van der Waals surface area contributed by atoms with E-state index in [0.717, 1.165) is 0 Å². The van der Waals surface area contributed by atoms with E-state index in [1.54, 1.807) is 14.0 Å². The third-order valence-electron chi connectivity index (χ3n) is 4.59. The monoisotopic (exact) mass is 393 g/mol. The summed E-state index contributed by atoms with van der Waals surface area (Å²) in [6.07, 6.45) is 0.597. The lowest BCUT2D eigenvalue weighted by molar-refractivity contribution is -0.115. The number of aryl methyl sites for hydroxylation is 1. The molecule has 3 N–H and O–H groups in total. The normalized spacial score (nSPS) is 15.7. The first-order valence-corrected chi connectivity index (χ1v) is 8.72. The molecule has 1 amide bonds. The van der Waals surface area contributed by atoms with Gasteiger partial charge in [0, 0.05) is 18.3 Å². The number of carbonyl (C=O) groups is 1. The highest BCUT2D eigenvalue weighted by Crippen LogP contribution is 2.33. The molecule has 0 saturated heterocycles. The number of halogens is 1. The molecule has 2 aromatic heterocycles. The molecule has 3 heterocycles. The summed E-state index contributed by atoms with van der Waals surface area (Å²) in [6, 6.07) is 6.05. The topological polar surface area (TPSA) is 132 Å². The Morgan fingerprint density at radius 2 is 2.24 bits per heavy atom. The number of nitrogens with two attached hydrogens (primary N) is 1. The molecular formula is C19H16FN7O2. The van der Waals surface area contributed by atoms with Crippen molar-refractivity contribution in [3.05, 3.63) is 47.2 Å². The molecule has 146 valence electrons. The lowest BCUT2D eigenvalue weighted by atomic mass is 10.1. The number of hydrogen-bond acceptors (Lipinski definition) is 7. The van der Waals surface area contributed by atoms with Crippen molar-refractivity contribution in [2.24, 2.45) is 7.05 Å². The van der Waals surface area contributed by atoms with Gasteiger partial charge >= 0.3 is 0 Å². The zero-order valence-corrected chi connectivity index (χ0v) is 15.6. The minimum atomic E-state index is -0.684. The quantitative estimate of drug-likeness (QED) is 0.598. The summed E-state index contributed by atoms with van der Waals surface area (Å²) >= 11 is 0. The van der Waals surface area contributed by atoms with Crippen molar-refractivity contribution in [2.75, 3.05) is 11.1 Å². The molecule has 1 atom stereocenters. The maximum atomic E-state index is 13.8. The van der Waals surface area contributed by atoms with Gasteiger partial charge in [-0.05, 0) is 25.1 Å². The van der Waals surface area contributed by atoms with Crippen molar-refractivity contribution < 1.29 is 13.9 Å². The maximum Gasteiger partial charge on any atom is 0.258 e. The highest BCUT2D eigenvalue weighted by molar-refractivity contribution is 5.94. The number of aromatic nitrogens is 4. The van der Waals surface area contributed by atoms with Crippen molar-refractivity contribution in [1.29, 1.82) is 5.26 Å². The number of nitrogens with zero attached hydrogens (tertiary/aromatic N) is 5. The van der Waals surface area contributed by atoms with E-state index in [1.807, 2.05) is 0 Å². The van der Waals surface area contributed by atoms with E-state index >= 15 is 0 Å². The van der Waals surface area contributed by atoms with Crippen LogP contribution in [0.3, 0.4) is 0 Å². The first kappa shape index (κ1) is 18.4. The Kier molecular flexibility index (Phi) is 4.35. The summed E-state index contributed by atoms with van der Waals surface area (Å²) in [4.78, 5) is 21.2. The molecule has 4 rings (SSSR count). The lowest BCUT2D eigenvalue weighted by Gasteiger charge is -2.20. The summed E-state index contributed by atoms with van der Waals surface area (Å²) in [5.41, 5.74) is 7.99. The Bertz CT molecular complexity index is 1180. The second-order valence-corrected chi connectivity index (χ2v) is 6.57. The number of fused-ring (bicyclic) bond motifs is 5. The Labute approximate surface area is 164 Å². The molecule has 1 aliphatic rings. The second kappa shape index (κ2) is 6.87. The fraction of sp³-hybridized carbons (Fsp3) is 0.211. The van der Waals surface area contributed by atoms with Crippen molar-refractivity contribution in [3.8, 4) is 23.2 Å². The van der Waals surface area contributed by atoms with Crippen LogP contribution in [0.15, 0.2) is 24.4 Å². The summed E-state index contributed by atoms with van der Waals surface area (Å²) < 4.78 is 21.1. The fourth-order valence-corrected chi connectivity index (χ4v) is 3.25. The van der Waals surface area contributed by atoms with Crippen LogP contribution < -0.4 is 15.8 Å². The number of amides is 1. The maximum absolute atomic E-state index is 13.8. The average Bonchev–Trinajstić information content (AvgIpc) is 2.98. The van der Waals surface area contributed by atoms with Crippen LogP contribution in [0.1, 0.15) is 30.0 Å². The van der Waals surface area contributed by atoms with Crippen molar-refractivity contribution in [1.82, 2.24) is 19.7 Å². The zero-order chi connectivity index (χ0) is 20.7. The van der Waals surface area contributed by atoms with Crippen LogP contribution in [0.4, 0.5) is 15.9 Å². The number of nitrogen functional groups attached to an aromatic ring is 1. The molecule has 29 heavy (non-hydrogen) atoms. The minimum absolute atomic E-state index is 0.0378. The van der Waals surface area contributed by atoms with Gasteiger partial charge in [0.15, 0.2) is 5.82 Å². The molecule has 0 radical (unpaired) electrons. The number of anilines is 2. The van der Waals surface area contributed by atoms with E-state index in [9.17, 15) is 14.4 Å². The summed E-state index contributed by atoms with van der Waals surface area (Å²) in [5.74, 6) is -0.767. The van der Waals surface area contributed by atoms with E-state index < -0.39 is 11.9 Å². The van der Waals surface area contributed by atoms with Crippen LogP contribution in [-0.4, -0.2) is 25.7 Å². The van der Waals surface area contributed by atoms with Gasteiger partial charge in [-0.2, -0.15) is 10.4 Å². The van der Waals surface area contributed by atoms with Crippen molar-refractivity contribution in [3.63, 3.8) is 0 Å². The van der Waals surface area contributed by atoms with Crippen LogP contribution in [0.5, 0.6) is 5.88 Å². The number of nitrogens with one attached hydrogen (secondary N) is 1. The van der Waals surface area contributed by atoms with Crippen molar-refractivity contribution >= 4 is 17.4 Å². The van der Waals surface area contributed by atoms with E-state index in [-0.39, 0.29) is 29.7 Å². The average molecular weight is 393 g/mol. The number of carbonyl (C=O) groups excluding carboxylic acids is 1. The Morgan fingerprint density at radius 3 is 3.00 bits per heavy atom. The van der Waals surface area contributed by atoms with Gasteiger partial charge in [-0.15, -0.1) is 0 Å². The third kappa shape index (κ3) is 3.23. The highest BCUT2D eigenvalue weighted by atomic mass is 19.1. The minimum Gasteiger partial charge on any atom is -0.467 e. The van der Waals surface area contributed by atoms with Gasteiger partial charge in [0.25, 0.3) is 5.88 Å². The molecular weight excluding hydrogens is 377 g/mol. The van der Waals surface area contributed by atoms with Gasteiger partial charge in [-0.1, -0.05) is 0 Å². The molecule has 0 aliphatic carbocycles. The molecule has 1 aromatic carbocycles. The molecule has 0 spiro atoms. The van der Waals surface area contributed by atoms with Gasteiger partial charge in [-0.3, -0.25) is 9.48 Å². The smallest absolute Gasteiger partial charge is 0.258 e. The Balaban J connectivity index is 1.94. The Morgan fingerprint density at radius 1 is 1.45 bits per heavy atom. The van der Waals surface area contributed by atoms with E-state index in [1.165, 1.54) is 29.1 Å². The first-order chi connectivity index (χ1) is 13.9. The number of benzene rings is 1. The van der Waals surface area contributed by atoms with Crippen LogP contribution in [0.25, 0.3) is 11.3 Å². The standard InChI is InChI=1S/C19H16FN7O2/c1-9-11-5-10(20)3-4-12(11)24-16(28)6-13-17(15(7-21)27(2)26-13)14-8-23-18(22)19(25-14)29-9/h3-5,8-9H,6H2,1-2H3,(H2,22,23)(H,24,28). The fourth-order valence-electron chi connectivity index (χ4n) is 3.25. The Hall–Kier alpha value is -4.00.